The van der Waals surface area contributed by atoms with E-state index < -0.39 is 33.1 Å². The van der Waals surface area contributed by atoms with Crippen molar-refractivity contribution >= 4 is 16.1 Å². The molecule has 34 heavy (non-hydrogen) atoms. The highest BCUT2D eigenvalue weighted by atomic mass is 32.2. The van der Waals surface area contributed by atoms with E-state index >= 15 is 0 Å². The van der Waals surface area contributed by atoms with Gasteiger partial charge in [-0.15, -0.1) is 0 Å². The summed E-state index contributed by atoms with van der Waals surface area (Å²) in [7, 11) is -3.98. The minimum atomic E-state index is -3.98. The first-order valence-corrected chi connectivity index (χ1v) is 12.7. The summed E-state index contributed by atoms with van der Waals surface area (Å²) in [5.74, 6) is -0.0919. The van der Waals surface area contributed by atoms with Gasteiger partial charge in [0.05, 0.1) is 17.8 Å². The average molecular weight is 494 g/mol. The fraction of sp³-hybridized carbons (Fsp3) is 0.500. The van der Waals surface area contributed by atoms with Gasteiger partial charge in [-0.05, 0) is 71.2 Å². The Kier molecular flexibility index (Phi) is 7.52. The summed E-state index contributed by atoms with van der Waals surface area (Å²) in [5, 5.41) is 0. The second-order valence-electron chi connectivity index (χ2n) is 9.66. The minimum Gasteiger partial charge on any atom is -0.475 e. The van der Waals surface area contributed by atoms with Crippen molar-refractivity contribution in [1.29, 1.82) is 0 Å². The predicted octanol–water partition coefficient (Wildman–Crippen LogP) is 4.21. The fourth-order valence-corrected chi connectivity index (χ4v) is 5.16. The summed E-state index contributed by atoms with van der Waals surface area (Å²) in [5.41, 5.74) is -1.05. The summed E-state index contributed by atoms with van der Waals surface area (Å²) in [6.07, 6.45) is 1.28. The third-order valence-corrected chi connectivity index (χ3v) is 6.89. The van der Waals surface area contributed by atoms with Crippen molar-refractivity contribution in [3.8, 4) is 5.88 Å². The number of benzene rings is 1. The van der Waals surface area contributed by atoms with Crippen LogP contribution >= 0.6 is 0 Å². The zero-order valence-electron chi connectivity index (χ0n) is 20.2. The van der Waals surface area contributed by atoms with E-state index in [0.29, 0.717) is 24.3 Å². The Balaban J connectivity index is 1.86. The Morgan fingerprint density at radius 3 is 2.24 bits per heavy atom. The molecule has 1 aliphatic rings. The van der Waals surface area contributed by atoms with E-state index in [1.165, 1.54) is 30.5 Å². The lowest BCUT2D eigenvalue weighted by Crippen LogP contribution is -2.54. The van der Waals surface area contributed by atoms with E-state index in [2.05, 4.69) is 9.71 Å². The van der Waals surface area contributed by atoms with Crippen molar-refractivity contribution in [3.05, 3.63) is 54.0 Å². The van der Waals surface area contributed by atoms with Gasteiger partial charge in [0.25, 0.3) is 0 Å². The zero-order valence-corrected chi connectivity index (χ0v) is 21.0. The van der Waals surface area contributed by atoms with Gasteiger partial charge >= 0.3 is 6.09 Å². The van der Waals surface area contributed by atoms with E-state index in [1.807, 2.05) is 13.8 Å². The maximum absolute atomic E-state index is 13.6. The maximum atomic E-state index is 13.6. The second-order valence-corrected chi connectivity index (χ2v) is 11.3. The molecule has 2 heterocycles. The first kappa shape index (κ1) is 25.9. The number of carbonyl (C=O) groups excluding carboxylic acids is 1. The minimum absolute atomic E-state index is 0.0142. The number of ether oxygens (including phenoxy) is 2. The molecule has 0 saturated carbocycles. The van der Waals surface area contributed by atoms with Crippen LogP contribution in [0.4, 0.5) is 9.18 Å². The number of halogens is 1. The van der Waals surface area contributed by atoms with Crippen LogP contribution in [-0.2, 0) is 20.3 Å². The van der Waals surface area contributed by atoms with Crippen molar-refractivity contribution in [2.75, 3.05) is 13.1 Å². The Bertz CT molecular complexity index is 1090. The van der Waals surface area contributed by atoms with Crippen LogP contribution in [0, 0.1) is 5.82 Å². The molecule has 0 radical (unpaired) electrons. The Hall–Kier alpha value is -2.72. The molecule has 2 aromatic rings. The molecular weight excluding hydrogens is 461 g/mol. The molecule has 0 aliphatic carbocycles. The summed E-state index contributed by atoms with van der Waals surface area (Å²) in [6.45, 7) is 9.61. The first-order chi connectivity index (χ1) is 15.8. The molecular formula is C24H32FN3O5S. The number of hydrogen-bond acceptors (Lipinski definition) is 6. The lowest BCUT2D eigenvalue weighted by atomic mass is 9.82. The highest BCUT2D eigenvalue weighted by molar-refractivity contribution is 7.89. The second kappa shape index (κ2) is 9.87. The van der Waals surface area contributed by atoms with Crippen molar-refractivity contribution in [1.82, 2.24) is 14.6 Å². The molecule has 0 spiro atoms. The van der Waals surface area contributed by atoms with E-state index in [1.54, 1.807) is 37.8 Å². The van der Waals surface area contributed by atoms with Crippen molar-refractivity contribution < 1.29 is 27.1 Å². The number of hydrogen-bond donors (Lipinski definition) is 1. The number of nitrogens with one attached hydrogen (secondary N) is 1. The predicted molar refractivity (Wildman–Crippen MR) is 125 cm³/mol. The third kappa shape index (κ3) is 6.44. The van der Waals surface area contributed by atoms with E-state index in [9.17, 15) is 17.6 Å². The van der Waals surface area contributed by atoms with Crippen molar-refractivity contribution in [2.24, 2.45) is 0 Å². The van der Waals surface area contributed by atoms with Crippen LogP contribution in [0.15, 0.2) is 47.5 Å². The normalized spacial score (nSPS) is 16.4. The SMILES string of the molecule is CC(C)Oc1ccc(S(=O)(=O)NC2(c3ccc(F)cc3)CCN(C(=O)OC(C)(C)C)CC2)cn1. The number of rotatable bonds is 6. The molecule has 1 aromatic carbocycles. The third-order valence-electron chi connectivity index (χ3n) is 5.37. The highest BCUT2D eigenvalue weighted by Gasteiger charge is 2.41. The van der Waals surface area contributed by atoms with Crippen LogP contribution < -0.4 is 9.46 Å². The van der Waals surface area contributed by atoms with E-state index in [0.717, 1.165) is 0 Å². The van der Waals surface area contributed by atoms with Gasteiger partial charge in [-0.25, -0.2) is 27.3 Å². The highest BCUT2D eigenvalue weighted by Crippen LogP contribution is 2.35. The summed E-state index contributed by atoms with van der Waals surface area (Å²) in [4.78, 5) is 18.2. The number of carbonyl (C=O) groups is 1. The van der Waals surface area contributed by atoms with Crippen molar-refractivity contribution in [3.63, 3.8) is 0 Å². The molecule has 1 saturated heterocycles. The zero-order chi connectivity index (χ0) is 25.1. The molecule has 0 bridgehead atoms. The fourth-order valence-electron chi connectivity index (χ4n) is 3.77. The molecule has 3 rings (SSSR count). The number of amides is 1. The number of pyridine rings is 1. The lowest BCUT2D eigenvalue weighted by Gasteiger charge is -2.42. The molecule has 0 unspecified atom stereocenters. The Morgan fingerprint density at radius 2 is 1.74 bits per heavy atom. The lowest BCUT2D eigenvalue weighted by molar-refractivity contribution is 0.0158. The largest absolute Gasteiger partial charge is 0.475 e. The number of aromatic nitrogens is 1. The van der Waals surface area contributed by atoms with Gasteiger partial charge in [-0.2, -0.15) is 0 Å². The summed E-state index contributed by atoms with van der Waals surface area (Å²) >= 11 is 0. The van der Waals surface area contributed by atoms with Gasteiger partial charge in [0.1, 0.15) is 16.3 Å². The first-order valence-electron chi connectivity index (χ1n) is 11.2. The molecule has 1 fully saturated rings. The van der Waals surface area contributed by atoms with Gasteiger partial charge in [-0.1, -0.05) is 12.1 Å². The van der Waals surface area contributed by atoms with Gasteiger partial charge in [0.15, 0.2) is 0 Å². The molecule has 186 valence electrons. The van der Waals surface area contributed by atoms with Crippen LogP contribution in [0.5, 0.6) is 5.88 Å². The number of sulfonamides is 1. The molecule has 1 aromatic heterocycles. The average Bonchev–Trinajstić information content (AvgIpc) is 2.73. The Labute approximate surface area is 200 Å². The van der Waals surface area contributed by atoms with E-state index in [-0.39, 0.29) is 24.1 Å². The number of piperidine rings is 1. The number of likely N-dealkylation sites (tertiary alicyclic amines) is 1. The van der Waals surface area contributed by atoms with Crippen molar-refractivity contribution in [2.45, 2.75) is 69.6 Å². The Morgan fingerprint density at radius 1 is 1.12 bits per heavy atom. The van der Waals surface area contributed by atoms with Crippen LogP contribution in [0.25, 0.3) is 0 Å². The maximum Gasteiger partial charge on any atom is 0.410 e. The van der Waals surface area contributed by atoms with Gasteiger partial charge in [-0.3, -0.25) is 0 Å². The molecule has 10 heteroatoms. The topological polar surface area (TPSA) is 97.8 Å². The van der Waals surface area contributed by atoms with Gasteiger partial charge < -0.3 is 14.4 Å². The standard InChI is InChI=1S/C24H32FN3O5S/c1-17(2)32-21-11-10-20(16-26-21)34(30,31)27-24(18-6-8-19(25)9-7-18)12-14-28(15-13-24)22(29)33-23(3,4)5/h6-11,16-17,27H,12-15H2,1-5H3. The quantitative estimate of drug-likeness (QED) is 0.647. The van der Waals surface area contributed by atoms with Crippen LogP contribution in [0.1, 0.15) is 53.0 Å². The molecule has 1 amide bonds. The van der Waals surface area contributed by atoms with Crippen LogP contribution in [0.3, 0.4) is 0 Å². The summed E-state index contributed by atoms with van der Waals surface area (Å²) < 4.78 is 54.0. The molecule has 1 N–H and O–H groups in total. The molecule has 0 atom stereocenters. The number of nitrogens with zero attached hydrogens (tertiary/aromatic N) is 2. The van der Waals surface area contributed by atoms with Crippen LogP contribution in [0.2, 0.25) is 0 Å². The molecule has 8 nitrogen and oxygen atoms in total. The smallest absolute Gasteiger partial charge is 0.410 e. The van der Waals surface area contributed by atoms with E-state index in [4.69, 9.17) is 9.47 Å². The van der Waals surface area contributed by atoms with Gasteiger partial charge in [0, 0.05) is 19.2 Å². The molecule has 1 aliphatic heterocycles. The van der Waals surface area contributed by atoms with Gasteiger partial charge in [0.2, 0.25) is 15.9 Å². The summed E-state index contributed by atoms with van der Waals surface area (Å²) in [6, 6.07) is 8.67. The van der Waals surface area contributed by atoms with Crippen LogP contribution in [-0.4, -0.2) is 49.2 Å². The monoisotopic (exact) mass is 493 g/mol.